The van der Waals surface area contributed by atoms with Crippen LogP contribution in [0.5, 0.6) is 11.5 Å². The molecule has 0 saturated heterocycles. The minimum Gasteiger partial charge on any atom is -0.457 e. The molecule has 0 atom stereocenters. The number of halogens is 1. The van der Waals surface area contributed by atoms with Crippen LogP contribution in [-0.4, -0.2) is 37.8 Å². The van der Waals surface area contributed by atoms with Crippen LogP contribution in [0.25, 0.3) is 5.57 Å². The number of hydrogen-bond acceptors (Lipinski definition) is 5. The first-order valence-electron chi connectivity index (χ1n) is 7.87. The highest BCUT2D eigenvalue weighted by Gasteiger charge is 2.28. The van der Waals surface area contributed by atoms with Crippen molar-refractivity contribution in [3.63, 3.8) is 0 Å². The van der Waals surface area contributed by atoms with Crippen molar-refractivity contribution in [2.24, 2.45) is 9.39 Å². The Labute approximate surface area is 156 Å². The minimum atomic E-state index is -3.44. The van der Waals surface area contributed by atoms with Gasteiger partial charge in [-0.15, -0.1) is 4.40 Å². The summed E-state index contributed by atoms with van der Waals surface area (Å²) in [6, 6.07) is 14.4. The first-order chi connectivity index (χ1) is 12.5. The van der Waals surface area contributed by atoms with Gasteiger partial charge in [0.15, 0.2) is 5.84 Å². The maximum absolute atomic E-state index is 11.8. The number of hydrogen-bond donors (Lipinski definition) is 0. The van der Waals surface area contributed by atoms with E-state index >= 15 is 0 Å². The molecule has 4 rings (SSSR count). The molecule has 2 heterocycles. The van der Waals surface area contributed by atoms with Gasteiger partial charge < -0.3 is 9.64 Å². The number of benzene rings is 2. The van der Waals surface area contributed by atoms with Gasteiger partial charge >= 0.3 is 0 Å². The summed E-state index contributed by atoms with van der Waals surface area (Å²) in [5, 5.41) is 0.644. The van der Waals surface area contributed by atoms with E-state index in [0.717, 1.165) is 5.56 Å². The third-order valence-corrected chi connectivity index (χ3v) is 5.35. The second kappa shape index (κ2) is 6.59. The molecule has 0 radical (unpaired) electrons. The quantitative estimate of drug-likeness (QED) is 0.807. The molecule has 6 nitrogen and oxygen atoms in total. The second-order valence-corrected chi connectivity index (χ2v) is 7.97. The predicted octanol–water partition coefficient (Wildman–Crippen LogP) is 3.56. The molecule has 2 aromatic rings. The molecule has 0 fully saturated rings. The number of fused-ring (bicyclic) bond motifs is 1. The highest BCUT2D eigenvalue weighted by Crippen LogP contribution is 2.28. The Morgan fingerprint density at radius 1 is 1.00 bits per heavy atom. The number of aliphatic imine (C=N–C) groups is 1. The molecule has 2 aliphatic heterocycles. The lowest BCUT2D eigenvalue weighted by atomic mass is 10.0. The van der Waals surface area contributed by atoms with Crippen molar-refractivity contribution in [1.29, 1.82) is 0 Å². The summed E-state index contributed by atoms with van der Waals surface area (Å²) in [4.78, 5) is 5.93. The van der Waals surface area contributed by atoms with Crippen molar-refractivity contribution < 1.29 is 13.2 Å². The van der Waals surface area contributed by atoms with Crippen LogP contribution in [0, 0.1) is 0 Å². The number of ether oxygens (including phenoxy) is 1. The molecular weight excluding hydrogens is 374 g/mol. The van der Waals surface area contributed by atoms with Crippen molar-refractivity contribution in [2.75, 3.05) is 12.3 Å². The largest absolute Gasteiger partial charge is 0.457 e. The van der Waals surface area contributed by atoms with Gasteiger partial charge in [-0.25, -0.2) is 13.4 Å². The average Bonchev–Trinajstić information content (AvgIpc) is 2.63. The Morgan fingerprint density at radius 2 is 1.65 bits per heavy atom. The van der Waals surface area contributed by atoms with Crippen molar-refractivity contribution >= 4 is 39.4 Å². The van der Waals surface area contributed by atoms with Crippen LogP contribution in [0.4, 0.5) is 0 Å². The molecule has 0 spiro atoms. The fraction of sp³-hybridized carbons (Fsp3) is 0.111. The van der Waals surface area contributed by atoms with Gasteiger partial charge in [0.2, 0.25) is 0 Å². The van der Waals surface area contributed by atoms with Crippen LogP contribution < -0.4 is 4.74 Å². The molecule has 0 amide bonds. The predicted molar refractivity (Wildman–Crippen MR) is 102 cm³/mol. The number of rotatable bonds is 3. The van der Waals surface area contributed by atoms with Gasteiger partial charge in [-0.3, -0.25) is 0 Å². The maximum atomic E-state index is 11.8. The SMILES string of the molecule is O=S1(=O)CCN2C=NC=C(c3ccc(Oc4ccc(Cl)cc4)cc3)C2=N1. The molecular formula is C18H14ClN3O3S. The summed E-state index contributed by atoms with van der Waals surface area (Å²) < 4.78 is 33.4. The van der Waals surface area contributed by atoms with Crippen molar-refractivity contribution in [1.82, 2.24) is 4.90 Å². The van der Waals surface area contributed by atoms with Crippen molar-refractivity contribution in [2.45, 2.75) is 0 Å². The van der Waals surface area contributed by atoms with Gasteiger partial charge in [-0.1, -0.05) is 23.7 Å². The van der Waals surface area contributed by atoms with E-state index in [0.29, 0.717) is 34.5 Å². The summed E-state index contributed by atoms with van der Waals surface area (Å²) in [5.74, 6) is 1.73. The van der Waals surface area contributed by atoms with Gasteiger partial charge in [0, 0.05) is 23.3 Å². The lowest BCUT2D eigenvalue weighted by Crippen LogP contribution is -2.40. The zero-order chi connectivity index (χ0) is 18.1. The maximum Gasteiger partial charge on any atom is 0.256 e. The number of nitrogens with zero attached hydrogens (tertiary/aromatic N) is 3. The molecule has 2 aliphatic rings. The van der Waals surface area contributed by atoms with E-state index in [1.807, 2.05) is 24.3 Å². The number of amidine groups is 1. The lowest BCUT2D eigenvalue weighted by molar-refractivity contribution is 0.482. The molecule has 0 N–H and O–H groups in total. The summed E-state index contributed by atoms with van der Waals surface area (Å²) in [7, 11) is -3.44. The topological polar surface area (TPSA) is 71.3 Å². The van der Waals surface area contributed by atoms with E-state index in [9.17, 15) is 8.42 Å². The standard InChI is InChI=1S/C18H14ClN3O3S/c19-14-3-7-16(8-4-14)25-15-5-1-13(2-6-15)17-11-20-12-22-9-10-26(23,24)21-18(17)22/h1-8,11-12H,9-10H2. The van der Waals surface area contributed by atoms with Crippen LogP contribution in [0.3, 0.4) is 0 Å². The molecule has 0 unspecified atom stereocenters. The van der Waals surface area contributed by atoms with E-state index in [2.05, 4.69) is 9.39 Å². The Bertz CT molecular complexity index is 1030. The first kappa shape index (κ1) is 16.8. The van der Waals surface area contributed by atoms with Gasteiger partial charge in [-0.05, 0) is 42.0 Å². The molecule has 2 aromatic carbocycles. The number of sulfonamides is 1. The van der Waals surface area contributed by atoms with Crippen molar-refractivity contribution in [3.8, 4) is 11.5 Å². The monoisotopic (exact) mass is 387 g/mol. The molecule has 0 bridgehead atoms. The summed E-state index contributed by atoms with van der Waals surface area (Å²) in [5.41, 5.74) is 1.47. The fourth-order valence-electron chi connectivity index (χ4n) is 2.66. The van der Waals surface area contributed by atoms with Crippen LogP contribution in [0.2, 0.25) is 5.02 Å². The van der Waals surface area contributed by atoms with Crippen molar-refractivity contribution in [3.05, 3.63) is 65.3 Å². The van der Waals surface area contributed by atoms with Gasteiger partial charge in [0.25, 0.3) is 10.0 Å². The van der Waals surface area contributed by atoms with Crippen LogP contribution >= 0.6 is 11.6 Å². The summed E-state index contributed by atoms with van der Waals surface area (Å²) >= 11 is 5.87. The smallest absolute Gasteiger partial charge is 0.256 e. The highest BCUT2D eigenvalue weighted by molar-refractivity contribution is 7.90. The molecule has 8 heteroatoms. The van der Waals surface area contributed by atoms with E-state index in [1.165, 1.54) is 0 Å². The van der Waals surface area contributed by atoms with E-state index in [4.69, 9.17) is 16.3 Å². The molecule has 132 valence electrons. The third-order valence-electron chi connectivity index (χ3n) is 3.95. The normalized spacial score (nSPS) is 18.0. The fourth-order valence-corrected chi connectivity index (χ4v) is 3.77. The van der Waals surface area contributed by atoms with Crippen LogP contribution in [0.1, 0.15) is 5.56 Å². The Hall–Kier alpha value is -2.64. The Morgan fingerprint density at radius 3 is 2.35 bits per heavy atom. The van der Waals surface area contributed by atoms with E-state index in [1.54, 1.807) is 41.7 Å². The summed E-state index contributed by atoms with van der Waals surface area (Å²) in [6.45, 7) is 0.347. The average molecular weight is 388 g/mol. The van der Waals surface area contributed by atoms with Crippen LogP contribution in [0.15, 0.2) is 64.1 Å². The van der Waals surface area contributed by atoms with E-state index < -0.39 is 10.0 Å². The van der Waals surface area contributed by atoms with Gasteiger partial charge in [0.1, 0.15) is 11.5 Å². The molecule has 0 aliphatic carbocycles. The van der Waals surface area contributed by atoms with Crippen LogP contribution in [-0.2, 0) is 10.0 Å². The van der Waals surface area contributed by atoms with Gasteiger partial charge in [0.05, 0.1) is 12.1 Å². The zero-order valence-corrected chi connectivity index (χ0v) is 15.1. The second-order valence-electron chi connectivity index (χ2n) is 5.78. The lowest BCUT2D eigenvalue weighted by Gasteiger charge is -2.28. The Balaban J connectivity index is 1.60. The highest BCUT2D eigenvalue weighted by atomic mass is 35.5. The molecule has 0 saturated carbocycles. The van der Waals surface area contributed by atoms with Gasteiger partial charge in [-0.2, -0.15) is 0 Å². The third kappa shape index (κ3) is 3.49. The molecule has 26 heavy (non-hydrogen) atoms. The first-order valence-corrected chi connectivity index (χ1v) is 9.86. The zero-order valence-electron chi connectivity index (χ0n) is 13.5. The molecule has 0 aromatic heterocycles. The van der Waals surface area contributed by atoms with E-state index in [-0.39, 0.29) is 5.75 Å². The minimum absolute atomic E-state index is 0.0102. The summed E-state index contributed by atoms with van der Waals surface area (Å²) in [6.07, 6.45) is 3.21. The Kier molecular flexibility index (Phi) is 4.26.